The number of carbonyl (C=O) groups is 1. The smallest absolute Gasteiger partial charge is 0.243 e. The van der Waals surface area contributed by atoms with Crippen LogP contribution in [-0.2, 0) is 21.2 Å². The second-order valence-corrected chi connectivity index (χ2v) is 11.3. The number of sulfonamides is 1. The first kappa shape index (κ1) is 25.1. The van der Waals surface area contributed by atoms with Crippen LogP contribution in [0.5, 0.6) is 5.75 Å². The first-order valence-electron chi connectivity index (χ1n) is 11.2. The van der Waals surface area contributed by atoms with Gasteiger partial charge < -0.3 is 9.64 Å². The summed E-state index contributed by atoms with van der Waals surface area (Å²) in [6, 6.07) is 13.9. The Kier molecular flexibility index (Phi) is 7.69. The van der Waals surface area contributed by atoms with Crippen LogP contribution in [0.4, 0.5) is 4.39 Å². The van der Waals surface area contributed by atoms with Crippen molar-refractivity contribution in [1.29, 1.82) is 0 Å². The summed E-state index contributed by atoms with van der Waals surface area (Å²) < 4.78 is 46.9. The van der Waals surface area contributed by atoms with E-state index in [2.05, 4.69) is 6.58 Å². The minimum absolute atomic E-state index is 0.0102. The van der Waals surface area contributed by atoms with Crippen molar-refractivity contribution in [3.05, 3.63) is 94.5 Å². The van der Waals surface area contributed by atoms with Gasteiger partial charge in [-0.3, -0.25) is 4.79 Å². The number of halogens is 1. The zero-order valence-corrected chi connectivity index (χ0v) is 21.0. The van der Waals surface area contributed by atoms with Crippen molar-refractivity contribution in [1.82, 2.24) is 9.21 Å². The Bertz CT molecular complexity index is 1290. The number of ether oxygens (including phenoxy) is 1. The number of hydrogen-bond donors (Lipinski definition) is 0. The lowest BCUT2D eigenvalue weighted by Gasteiger charge is -2.36. The van der Waals surface area contributed by atoms with Gasteiger partial charge in [-0.25, -0.2) is 12.8 Å². The third kappa shape index (κ3) is 5.63. The first-order valence-corrected chi connectivity index (χ1v) is 13.5. The Labute approximate surface area is 209 Å². The number of fused-ring (bicyclic) bond motifs is 1. The van der Waals surface area contributed by atoms with E-state index in [1.165, 1.54) is 23.1 Å². The van der Waals surface area contributed by atoms with E-state index in [-0.39, 0.29) is 42.4 Å². The van der Waals surface area contributed by atoms with E-state index in [4.69, 9.17) is 4.74 Å². The molecule has 0 spiro atoms. The third-order valence-electron chi connectivity index (χ3n) is 5.94. The summed E-state index contributed by atoms with van der Waals surface area (Å²) in [6.07, 6.45) is 2.17. The van der Waals surface area contributed by atoms with Gasteiger partial charge in [0.25, 0.3) is 0 Å². The van der Waals surface area contributed by atoms with Crippen LogP contribution < -0.4 is 4.74 Å². The predicted molar refractivity (Wildman–Crippen MR) is 135 cm³/mol. The Hall–Kier alpha value is -3.01. The van der Waals surface area contributed by atoms with Crippen molar-refractivity contribution < 1.29 is 22.3 Å². The SMILES string of the molecule is C=CCN(CC(=O)N1CCc2sccc2[C@H]1COc1ccc(F)cc1)S(=O)(=O)c1ccc(C)cc1. The molecule has 1 aliphatic rings. The highest BCUT2D eigenvalue weighted by Crippen LogP contribution is 2.34. The minimum atomic E-state index is -3.89. The summed E-state index contributed by atoms with van der Waals surface area (Å²) in [6.45, 7) is 5.88. The zero-order valence-electron chi connectivity index (χ0n) is 19.4. The molecule has 1 atom stereocenters. The largest absolute Gasteiger partial charge is 0.491 e. The van der Waals surface area contributed by atoms with E-state index in [0.717, 1.165) is 15.4 Å². The van der Waals surface area contributed by atoms with Crippen LogP contribution in [0.3, 0.4) is 0 Å². The molecule has 35 heavy (non-hydrogen) atoms. The molecule has 2 heterocycles. The van der Waals surface area contributed by atoms with Crippen molar-refractivity contribution in [2.75, 3.05) is 26.2 Å². The molecule has 0 aliphatic carbocycles. The number of amides is 1. The molecule has 1 amide bonds. The fourth-order valence-corrected chi connectivity index (χ4v) is 6.36. The molecule has 4 rings (SSSR count). The molecule has 184 valence electrons. The quantitative estimate of drug-likeness (QED) is 0.392. The molecule has 0 saturated carbocycles. The van der Waals surface area contributed by atoms with E-state index >= 15 is 0 Å². The molecule has 0 radical (unpaired) electrons. The highest BCUT2D eigenvalue weighted by Gasteiger charge is 2.35. The molecule has 0 unspecified atom stereocenters. The minimum Gasteiger partial charge on any atom is -0.491 e. The molecule has 0 saturated heterocycles. The molecular weight excluding hydrogens is 487 g/mol. The van der Waals surface area contributed by atoms with Gasteiger partial charge >= 0.3 is 0 Å². The Morgan fingerprint density at radius 2 is 1.91 bits per heavy atom. The van der Waals surface area contributed by atoms with Gasteiger partial charge in [-0.2, -0.15) is 4.31 Å². The molecule has 1 aromatic heterocycles. The zero-order chi connectivity index (χ0) is 25.0. The van der Waals surface area contributed by atoms with Crippen molar-refractivity contribution >= 4 is 27.3 Å². The Morgan fingerprint density at radius 1 is 1.20 bits per heavy atom. The lowest BCUT2D eigenvalue weighted by molar-refractivity contribution is -0.135. The molecule has 6 nitrogen and oxygen atoms in total. The third-order valence-corrected chi connectivity index (χ3v) is 8.76. The van der Waals surface area contributed by atoms with Gasteiger partial charge in [0.2, 0.25) is 15.9 Å². The van der Waals surface area contributed by atoms with Crippen molar-refractivity contribution in [3.8, 4) is 5.75 Å². The van der Waals surface area contributed by atoms with Gasteiger partial charge in [-0.05, 0) is 66.8 Å². The van der Waals surface area contributed by atoms with Crippen LogP contribution in [-0.4, -0.2) is 49.8 Å². The summed E-state index contributed by atoms with van der Waals surface area (Å²) in [7, 11) is -3.89. The maximum Gasteiger partial charge on any atom is 0.243 e. The predicted octanol–water partition coefficient (Wildman–Crippen LogP) is 4.58. The van der Waals surface area contributed by atoms with Gasteiger partial charge in [0.15, 0.2) is 0 Å². The molecule has 1 aliphatic heterocycles. The number of rotatable bonds is 9. The molecule has 0 bridgehead atoms. The van der Waals surface area contributed by atoms with Crippen LogP contribution >= 0.6 is 11.3 Å². The summed E-state index contributed by atoms with van der Waals surface area (Å²) in [5.41, 5.74) is 1.94. The number of aryl methyl sites for hydroxylation is 1. The maximum absolute atomic E-state index is 13.5. The average Bonchev–Trinajstić information content (AvgIpc) is 3.32. The first-order chi connectivity index (χ1) is 16.8. The van der Waals surface area contributed by atoms with Gasteiger partial charge in [0.05, 0.1) is 17.5 Å². The fourth-order valence-electron chi connectivity index (χ4n) is 4.07. The molecule has 0 N–H and O–H groups in total. The monoisotopic (exact) mass is 514 g/mol. The van der Waals surface area contributed by atoms with E-state index < -0.39 is 10.0 Å². The van der Waals surface area contributed by atoms with Gasteiger partial charge in [-0.1, -0.05) is 23.8 Å². The van der Waals surface area contributed by atoms with Crippen molar-refractivity contribution in [3.63, 3.8) is 0 Å². The van der Waals surface area contributed by atoms with Gasteiger partial charge in [-0.15, -0.1) is 17.9 Å². The number of carbonyl (C=O) groups excluding carboxylic acids is 1. The van der Waals surface area contributed by atoms with Crippen LogP contribution in [0.1, 0.15) is 22.0 Å². The summed E-state index contributed by atoms with van der Waals surface area (Å²) in [5, 5.41) is 1.98. The fraction of sp³-hybridized carbons (Fsp3) is 0.269. The summed E-state index contributed by atoms with van der Waals surface area (Å²) >= 11 is 1.63. The van der Waals surface area contributed by atoms with E-state index in [1.807, 2.05) is 18.4 Å². The number of benzene rings is 2. The highest BCUT2D eigenvalue weighted by atomic mass is 32.2. The van der Waals surface area contributed by atoms with Crippen LogP contribution in [0.2, 0.25) is 0 Å². The van der Waals surface area contributed by atoms with Gasteiger partial charge in [0.1, 0.15) is 18.2 Å². The van der Waals surface area contributed by atoms with E-state index in [9.17, 15) is 17.6 Å². The summed E-state index contributed by atoms with van der Waals surface area (Å²) in [5.74, 6) is -0.174. The molecule has 9 heteroatoms. The van der Waals surface area contributed by atoms with Gasteiger partial charge in [0, 0.05) is 18.0 Å². The van der Waals surface area contributed by atoms with Crippen LogP contribution in [0, 0.1) is 12.7 Å². The number of hydrogen-bond acceptors (Lipinski definition) is 5. The normalized spacial score (nSPS) is 15.6. The Balaban J connectivity index is 1.55. The molecular formula is C26H27FN2O4S2. The van der Waals surface area contributed by atoms with E-state index in [1.54, 1.807) is 52.6 Å². The van der Waals surface area contributed by atoms with E-state index in [0.29, 0.717) is 18.7 Å². The Morgan fingerprint density at radius 3 is 2.60 bits per heavy atom. The highest BCUT2D eigenvalue weighted by molar-refractivity contribution is 7.89. The molecule has 3 aromatic rings. The lowest BCUT2D eigenvalue weighted by Crippen LogP contribution is -2.47. The second kappa shape index (κ2) is 10.7. The maximum atomic E-state index is 13.5. The van der Waals surface area contributed by atoms with Crippen LogP contribution in [0.25, 0.3) is 0 Å². The summed E-state index contributed by atoms with van der Waals surface area (Å²) in [4.78, 5) is 16.5. The van der Waals surface area contributed by atoms with Crippen molar-refractivity contribution in [2.45, 2.75) is 24.3 Å². The van der Waals surface area contributed by atoms with Crippen LogP contribution in [0.15, 0.2) is 77.5 Å². The molecule has 2 aromatic carbocycles. The number of nitrogens with zero attached hydrogens (tertiary/aromatic N) is 2. The second-order valence-electron chi connectivity index (χ2n) is 8.32. The standard InChI is InChI=1S/C26H27FN2O4S2/c1-3-14-28(35(31,32)22-10-4-19(2)5-11-22)17-26(30)29-15-12-25-23(13-16-34-25)24(29)18-33-21-8-6-20(27)7-9-21/h3-11,13,16,24H,1,12,14-15,17-18H2,2H3/t24-/m1/s1. The topological polar surface area (TPSA) is 66.9 Å². The average molecular weight is 515 g/mol. The number of thiophene rings is 1. The lowest BCUT2D eigenvalue weighted by atomic mass is 10.0. The molecule has 0 fully saturated rings. The van der Waals surface area contributed by atoms with Crippen molar-refractivity contribution in [2.24, 2.45) is 0 Å².